The molecule has 1 saturated heterocycles. The largest absolute Gasteiger partial charge is 0.465 e. The lowest BCUT2D eigenvalue weighted by atomic mass is 9.79. The highest BCUT2D eigenvalue weighted by atomic mass is 16.6. The van der Waals surface area contributed by atoms with E-state index in [1.54, 1.807) is 0 Å². The number of hydrogen-bond donors (Lipinski definition) is 0. The van der Waals surface area contributed by atoms with Crippen LogP contribution in [-0.2, 0) is 23.8 Å². The molecule has 1 saturated carbocycles. The van der Waals surface area contributed by atoms with Crippen LogP contribution < -0.4 is 0 Å². The van der Waals surface area contributed by atoms with Gasteiger partial charge in [0.1, 0.15) is 0 Å². The van der Waals surface area contributed by atoms with Gasteiger partial charge >= 0.3 is 11.9 Å². The molecule has 4 atom stereocenters. The van der Waals surface area contributed by atoms with Crippen molar-refractivity contribution in [2.45, 2.75) is 257 Å². The van der Waals surface area contributed by atoms with Crippen LogP contribution in [0.15, 0.2) is 0 Å². The van der Waals surface area contributed by atoms with Crippen molar-refractivity contribution in [2.24, 2.45) is 11.8 Å². The summed E-state index contributed by atoms with van der Waals surface area (Å²) in [5, 5.41) is 0. The molecule has 0 bridgehead atoms. The first kappa shape index (κ1) is 46.1. The molecule has 2 fully saturated rings. The Balaban J connectivity index is 1.38. The second kappa shape index (κ2) is 33.5. The number of carbonyl (C=O) groups is 2. The Morgan fingerprint density at radius 3 is 1.04 bits per heavy atom. The number of ether oxygens (including phenoxy) is 3. The molecular weight excluding hydrogens is 633 g/mol. The minimum absolute atomic E-state index is 0.122. The topological polar surface area (TPSA) is 65.1 Å². The number of unbranched alkanes of at least 4 members (excludes halogenated alkanes) is 32. The zero-order valence-corrected chi connectivity index (χ0v) is 34.2. The van der Waals surface area contributed by atoms with Crippen molar-refractivity contribution in [3.63, 3.8) is 0 Å². The minimum Gasteiger partial charge on any atom is -0.465 e. The van der Waals surface area contributed by atoms with E-state index < -0.39 is 11.8 Å². The minimum atomic E-state index is -0.488. The predicted molar refractivity (Wildman–Crippen MR) is 215 cm³/mol. The smallest absolute Gasteiger partial charge is 0.312 e. The summed E-state index contributed by atoms with van der Waals surface area (Å²) >= 11 is 0. The summed E-state index contributed by atoms with van der Waals surface area (Å²) in [5.41, 5.74) is 0. The van der Waals surface area contributed by atoms with Crippen LogP contribution in [0.2, 0.25) is 0 Å². The van der Waals surface area contributed by atoms with Crippen LogP contribution in [0.1, 0.15) is 245 Å². The Bertz CT molecular complexity index is 799. The zero-order chi connectivity index (χ0) is 36.5. The van der Waals surface area contributed by atoms with Crippen LogP contribution in [0.3, 0.4) is 0 Å². The molecular formula is C46H86O5. The SMILES string of the molecule is CCCCCCCCCCCCCCCCCCCOC(=O)C1CCC2OC2C1C(=O)OCCCCCCCCCCCCCCCCCCC. The standard InChI is InChI=1S/C46H86O5/c1-3-5-7-9-11-13-15-17-19-21-23-25-27-29-31-33-35-39-49-45(47)41-37-38-42-44(51-42)43(41)46(48)50-40-36-34-32-30-28-26-24-22-20-18-16-14-12-10-8-6-4-2/h41-44H,3-40H2,1-2H3. The third kappa shape index (κ3) is 24.8. The van der Waals surface area contributed by atoms with Gasteiger partial charge in [0, 0.05) is 0 Å². The first-order chi connectivity index (χ1) is 25.2. The summed E-state index contributed by atoms with van der Waals surface area (Å²) in [7, 11) is 0. The molecule has 1 heterocycles. The lowest BCUT2D eigenvalue weighted by Crippen LogP contribution is -2.39. The first-order valence-corrected chi connectivity index (χ1v) is 23.2. The van der Waals surface area contributed by atoms with Gasteiger partial charge in [-0.05, 0) is 25.7 Å². The molecule has 0 aromatic carbocycles. The Kier molecular flexibility index (Phi) is 30.2. The van der Waals surface area contributed by atoms with Crippen molar-refractivity contribution < 1.29 is 23.8 Å². The Labute approximate surface area is 317 Å². The van der Waals surface area contributed by atoms with Crippen LogP contribution in [0.25, 0.3) is 0 Å². The maximum atomic E-state index is 13.1. The van der Waals surface area contributed by atoms with E-state index in [1.807, 2.05) is 0 Å². The highest BCUT2D eigenvalue weighted by Crippen LogP contribution is 2.45. The van der Waals surface area contributed by atoms with Gasteiger partial charge in [-0.25, -0.2) is 0 Å². The first-order valence-electron chi connectivity index (χ1n) is 23.2. The van der Waals surface area contributed by atoms with Gasteiger partial charge in [0.2, 0.25) is 0 Å². The van der Waals surface area contributed by atoms with Gasteiger partial charge in [-0.1, -0.05) is 219 Å². The van der Waals surface area contributed by atoms with Crippen LogP contribution >= 0.6 is 0 Å². The molecule has 0 aromatic heterocycles. The number of hydrogen-bond acceptors (Lipinski definition) is 5. The van der Waals surface area contributed by atoms with E-state index >= 15 is 0 Å². The second-order valence-electron chi connectivity index (χ2n) is 16.5. The summed E-state index contributed by atoms with van der Waals surface area (Å²) in [4.78, 5) is 26.1. The molecule has 5 nitrogen and oxygen atoms in total. The molecule has 0 N–H and O–H groups in total. The third-order valence-electron chi connectivity index (χ3n) is 11.7. The molecule has 5 heteroatoms. The Morgan fingerprint density at radius 2 is 0.706 bits per heavy atom. The number of esters is 2. The van der Waals surface area contributed by atoms with E-state index in [-0.39, 0.29) is 24.1 Å². The highest BCUT2D eigenvalue weighted by Gasteiger charge is 2.57. The van der Waals surface area contributed by atoms with Crippen molar-refractivity contribution in [3.8, 4) is 0 Å². The maximum Gasteiger partial charge on any atom is 0.312 e. The van der Waals surface area contributed by atoms with Crippen LogP contribution in [0.4, 0.5) is 0 Å². The van der Waals surface area contributed by atoms with Gasteiger partial charge in [-0.3, -0.25) is 9.59 Å². The number of rotatable bonds is 38. The summed E-state index contributed by atoms with van der Waals surface area (Å²) in [6.07, 6.45) is 46.8. The molecule has 1 aliphatic heterocycles. The van der Waals surface area contributed by atoms with Crippen molar-refractivity contribution in [1.29, 1.82) is 0 Å². The number of fused-ring (bicyclic) bond motifs is 1. The van der Waals surface area contributed by atoms with Gasteiger partial charge in [0.25, 0.3) is 0 Å². The van der Waals surface area contributed by atoms with Gasteiger partial charge in [0.15, 0.2) is 0 Å². The molecule has 300 valence electrons. The lowest BCUT2D eigenvalue weighted by Gasteiger charge is -2.25. The summed E-state index contributed by atoms with van der Waals surface area (Å²) < 4.78 is 17.2. The van der Waals surface area contributed by atoms with Gasteiger partial charge < -0.3 is 14.2 Å². The zero-order valence-electron chi connectivity index (χ0n) is 34.2. The summed E-state index contributed by atoms with van der Waals surface area (Å²) in [5.74, 6) is -1.38. The van der Waals surface area contributed by atoms with E-state index in [0.717, 1.165) is 32.1 Å². The molecule has 0 spiro atoms. The van der Waals surface area contributed by atoms with Crippen molar-refractivity contribution in [3.05, 3.63) is 0 Å². The van der Waals surface area contributed by atoms with Gasteiger partial charge in [0.05, 0.1) is 37.3 Å². The third-order valence-corrected chi connectivity index (χ3v) is 11.7. The van der Waals surface area contributed by atoms with E-state index in [1.165, 1.54) is 193 Å². The molecule has 0 amide bonds. The maximum absolute atomic E-state index is 13.1. The fourth-order valence-electron chi connectivity index (χ4n) is 8.22. The molecule has 2 rings (SSSR count). The van der Waals surface area contributed by atoms with E-state index in [0.29, 0.717) is 19.6 Å². The average Bonchev–Trinajstić information content (AvgIpc) is 3.93. The van der Waals surface area contributed by atoms with Crippen LogP contribution in [0, 0.1) is 11.8 Å². The number of epoxide rings is 1. The van der Waals surface area contributed by atoms with Crippen LogP contribution in [0.5, 0.6) is 0 Å². The predicted octanol–water partition coefficient (Wildman–Crippen LogP) is 14.2. The fraction of sp³-hybridized carbons (Fsp3) is 0.957. The monoisotopic (exact) mass is 719 g/mol. The quantitative estimate of drug-likeness (QED) is 0.0361. The second-order valence-corrected chi connectivity index (χ2v) is 16.5. The Hall–Kier alpha value is -1.10. The molecule has 51 heavy (non-hydrogen) atoms. The molecule has 1 aliphatic carbocycles. The summed E-state index contributed by atoms with van der Waals surface area (Å²) in [6.45, 7) is 5.48. The normalized spacial score (nSPS) is 19.6. The lowest BCUT2D eigenvalue weighted by molar-refractivity contribution is -0.162. The Morgan fingerprint density at radius 1 is 0.412 bits per heavy atom. The van der Waals surface area contributed by atoms with E-state index in [9.17, 15) is 9.59 Å². The van der Waals surface area contributed by atoms with Gasteiger partial charge in [-0.15, -0.1) is 0 Å². The highest BCUT2D eigenvalue weighted by molar-refractivity contribution is 5.83. The molecule has 2 aliphatic rings. The molecule has 0 radical (unpaired) electrons. The molecule has 0 aromatic rings. The fourth-order valence-corrected chi connectivity index (χ4v) is 8.22. The number of carbonyl (C=O) groups excluding carboxylic acids is 2. The van der Waals surface area contributed by atoms with Crippen molar-refractivity contribution in [2.75, 3.05) is 13.2 Å². The van der Waals surface area contributed by atoms with E-state index in [2.05, 4.69) is 13.8 Å². The summed E-state index contributed by atoms with van der Waals surface area (Å²) in [6, 6.07) is 0. The van der Waals surface area contributed by atoms with Gasteiger partial charge in [-0.2, -0.15) is 0 Å². The van der Waals surface area contributed by atoms with E-state index in [4.69, 9.17) is 14.2 Å². The average molecular weight is 719 g/mol. The molecule has 4 unspecified atom stereocenters. The van der Waals surface area contributed by atoms with Crippen molar-refractivity contribution in [1.82, 2.24) is 0 Å². The van der Waals surface area contributed by atoms with Crippen LogP contribution in [-0.4, -0.2) is 37.4 Å². The van der Waals surface area contributed by atoms with Crippen molar-refractivity contribution >= 4 is 11.9 Å².